The number of rotatable bonds is 0. The Bertz CT molecular complexity index is 1250. The normalized spacial score (nSPS) is 14.5. The van der Waals surface area contributed by atoms with Gasteiger partial charge in [0.15, 0.2) is 0 Å². The molecular formula is C29H24O. The molecule has 1 heterocycles. The number of aryl methyl sites for hydroxylation is 4. The number of fused-ring (bicyclic) bond motifs is 9. The summed E-state index contributed by atoms with van der Waals surface area (Å²) >= 11 is 0. The minimum atomic E-state index is -0.354. The van der Waals surface area contributed by atoms with Crippen molar-refractivity contribution >= 4 is 0 Å². The SMILES string of the molecule is Cc1cc2c(cc1C)C1(c3cc(C)c(C)cc3O2)c2ccccc2-c2ccccc21. The maximum atomic E-state index is 6.57. The van der Waals surface area contributed by atoms with Crippen LogP contribution < -0.4 is 4.74 Å². The number of benzene rings is 4. The molecule has 0 bridgehead atoms. The lowest BCUT2D eigenvalue weighted by molar-refractivity contribution is 0.435. The first-order chi connectivity index (χ1) is 14.5. The Morgan fingerprint density at radius 2 is 0.900 bits per heavy atom. The maximum absolute atomic E-state index is 6.57. The Morgan fingerprint density at radius 3 is 1.37 bits per heavy atom. The second-order valence-electron chi connectivity index (χ2n) is 8.81. The summed E-state index contributed by atoms with van der Waals surface area (Å²) in [7, 11) is 0. The van der Waals surface area contributed by atoms with Crippen molar-refractivity contribution in [3.05, 3.63) is 117 Å². The fraction of sp³-hybridized carbons (Fsp3) is 0.172. The second-order valence-corrected chi connectivity index (χ2v) is 8.81. The van der Waals surface area contributed by atoms with Crippen LogP contribution in [0.15, 0.2) is 72.8 Å². The molecule has 0 N–H and O–H groups in total. The van der Waals surface area contributed by atoms with E-state index in [1.165, 1.54) is 55.6 Å². The van der Waals surface area contributed by atoms with Crippen LogP contribution in [0, 0.1) is 27.7 Å². The standard InChI is InChI=1S/C29H24O/c1-17-13-25-27(15-19(17)3)30-28-16-20(4)18(2)14-26(28)29(25)23-11-7-5-9-21(23)22-10-6-8-12-24(22)29/h5-16H,1-4H3. The first-order valence-corrected chi connectivity index (χ1v) is 10.6. The highest BCUT2D eigenvalue weighted by molar-refractivity contribution is 5.88. The van der Waals surface area contributed by atoms with E-state index in [-0.39, 0.29) is 5.41 Å². The van der Waals surface area contributed by atoms with E-state index < -0.39 is 0 Å². The van der Waals surface area contributed by atoms with Crippen molar-refractivity contribution in [1.29, 1.82) is 0 Å². The van der Waals surface area contributed by atoms with Crippen molar-refractivity contribution in [3.8, 4) is 22.6 Å². The van der Waals surface area contributed by atoms with Crippen molar-refractivity contribution in [2.45, 2.75) is 33.1 Å². The van der Waals surface area contributed by atoms with Crippen LogP contribution in [0.2, 0.25) is 0 Å². The summed E-state index contributed by atoms with van der Waals surface area (Å²) in [5.74, 6) is 1.95. The summed E-state index contributed by atoms with van der Waals surface area (Å²) in [5, 5.41) is 0. The van der Waals surface area contributed by atoms with Crippen LogP contribution in [0.5, 0.6) is 11.5 Å². The van der Waals surface area contributed by atoms with Gasteiger partial charge in [-0.05, 0) is 84.3 Å². The molecule has 146 valence electrons. The van der Waals surface area contributed by atoms with Gasteiger partial charge in [0, 0.05) is 11.1 Å². The minimum Gasteiger partial charge on any atom is -0.457 e. The lowest BCUT2D eigenvalue weighted by Gasteiger charge is -2.40. The first-order valence-electron chi connectivity index (χ1n) is 10.6. The quantitative estimate of drug-likeness (QED) is 0.264. The third kappa shape index (κ3) is 2.02. The zero-order valence-corrected chi connectivity index (χ0v) is 17.8. The lowest BCUT2D eigenvalue weighted by Crippen LogP contribution is -2.32. The number of hydrogen-bond donors (Lipinski definition) is 0. The van der Waals surface area contributed by atoms with Gasteiger partial charge in [0.1, 0.15) is 11.5 Å². The van der Waals surface area contributed by atoms with Gasteiger partial charge >= 0.3 is 0 Å². The molecule has 4 aromatic rings. The zero-order chi connectivity index (χ0) is 20.6. The van der Waals surface area contributed by atoms with Crippen LogP contribution in [0.25, 0.3) is 11.1 Å². The van der Waals surface area contributed by atoms with Gasteiger partial charge in [-0.1, -0.05) is 60.7 Å². The van der Waals surface area contributed by atoms with Crippen LogP contribution in [0.3, 0.4) is 0 Å². The van der Waals surface area contributed by atoms with Gasteiger partial charge in [-0.15, -0.1) is 0 Å². The fourth-order valence-electron chi connectivity index (χ4n) is 5.41. The van der Waals surface area contributed by atoms with E-state index >= 15 is 0 Å². The topological polar surface area (TPSA) is 9.23 Å². The van der Waals surface area contributed by atoms with Gasteiger partial charge < -0.3 is 4.74 Å². The summed E-state index contributed by atoms with van der Waals surface area (Å²) < 4.78 is 6.57. The largest absolute Gasteiger partial charge is 0.457 e. The van der Waals surface area contributed by atoms with Crippen molar-refractivity contribution in [1.82, 2.24) is 0 Å². The third-order valence-corrected chi connectivity index (χ3v) is 7.17. The Kier molecular flexibility index (Phi) is 3.42. The Hall–Kier alpha value is -3.32. The summed E-state index contributed by atoms with van der Waals surface area (Å²) in [6.45, 7) is 8.73. The average Bonchev–Trinajstić information content (AvgIpc) is 3.03. The molecule has 0 saturated carbocycles. The third-order valence-electron chi connectivity index (χ3n) is 7.17. The molecule has 4 aromatic carbocycles. The van der Waals surface area contributed by atoms with Crippen molar-refractivity contribution in [3.63, 3.8) is 0 Å². The molecule has 0 saturated heterocycles. The van der Waals surface area contributed by atoms with Crippen LogP contribution in [0.1, 0.15) is 44.5 Å². The molecule has 0 radical (unpaired) electrons. The zero-order valence-electron chi connectivity index (χ0n) is 17.8. The molecule has 30 heavy (non-hydrogen) atoms. The molecular weight excluding hydrogens is 364 g/mol. The molecule has 0 atom stereocenters. The summed E-state index contributed by atoms with van der Waals surface area (Å²) in [6, 6.07) is 26.9. The highest BCUT2D eigenvalue weighted by atomic mass is 16.5. The van der Waals surface area contributed by atoms with Gasteiger partial charge in [0.2, 0.25) is 0 Å². The molecule has 1 aliphatic heterocycles. The molecule has 0 unspecified atom stereocenters. The molecule has 6 rings (SSSR count). The second kappa shape index (κ2) is 5.86. The summed E-state index contributed by atoms with van der Waals surface area (Å²) in [6.07, 6.45) is 0. The highest BCUT2D eigenvalue weighted by Gasteiger charge is 2.51. The molecule has 1 aliphatic carbocycles. The Labute approximate surface area is 178 Å². The Morgan fingerprint density at radius 1 is 0.500 bits per heavy atom. The molecule has 0 aromatic heterocycles. The van der Waals surface area contributed by atoms with E-state index in [0.717, 1.165) is 11.5 Å². The highest BCUT2D eigenvalue weighted by Crippen LogP contribution is 2.62. The van der Waals surface area contributed by atoms with E-state index in [1.54, 1.807) is 0 Å². The van der Waals surface area contributed by atoms with Crippen LogP contribution in [-0.4, -0.2) is 0 Å². The van der Waals surface area contributed by atoms with Gasteiger partial charge in [-0.2, -0.15) is 0 Å². The van der Waals surface area contributed by atoms with Gasteiger partial charge in [0.25, 0.3) is 0 Å². The number of hydrogen-bond acceptors (Lipinski definition) is 1. The summed E-state index contributed by atoms with van der Waals surface area (Å²) in [5.41, 5.74) is 12.6. The molecule has 2 aliphatic rings. The average molecular weight is 389 g/mol. The summed E-state index contributed by atoms with van der Waals surface area (Å²) in [4.78, 5) is 0. The van der Waals surface area contributed by atoms with E-state index in [4.69, 9.17) is 4.74 Å². The molecule has 1 heteroatoms. The first kappa shape index (κ1) is 17.5. The lowest BCUT2D eigenvalue weighted by atomic mass is 9.65. The predicted molar refractivity (Wildman–Crippen MR) is 123 cm³/mol. The molecule has 1 spiro atoms. The molecule has 1 nitrogen and oxygen atoms in total. The van der Waals surface area contributed by atoms with Crippen LogP contribution >= 0.6 is 0 Å². The molecule has 0 fully saturated rings. The molecule has 0 amide bonds. The van der Waals surface area contributed by atoms with E-state index in [2.05, 4.69) is 100 Å². The van der Waals surface area contributed by atoms with Crippen molar-refractivity contribution < 1.29 is 4.74 Å². The number of ether oxygens (including phenoxy) is 1. The van der Waals surface area contributed by atoms with Gasteiger partial charge in [0.05, 0.1) is 5.41 Å². The minimum absolute atomic E-state index is 0.354. The fourth-order valence-corrected chi connectivity index (χ4v) is 5.41. The van der Waals surface area contributed by atoms with Gasteiger partial charge in [-0.3, -0.25) is 0 Å². The van der Waals surface area contributed by atoms with Crippen molar-refractivity contribution in [2.24, 2.45) is 0 Å². The van der Waals surface area contributed by atoms with E-state index in [9.17, 15) is 0 Å². The van der Waals surface area contributed by atoms with E-state index in [1.807, 2.05) is 0 Å². The smallest absolute Gasteiger partial charge is 0.132 e. The Balaban J connectivity index is 1.86. The van der Waals surface area contributed by atoms with Gasteiger partial charge in [-0.25, -0.2) is 0 Å². The van der Waals surface area contributed by atoms with Crippen molar-refractivity contribution in [2.75, 3.05) is 0 Å². The van der Waals surface area contributed by atoms with Crippen LogP contribution in [-0.2, 0) is 5.41 Å². The monoisotopic (exact) mass is 388 g/mol. The maximum Gasteiger partial charge on any atom is 0.132 e. The van der Waals surface area contributed by atoms with Crippen LogP contribution in [0.4, 0.5) is 0 Å². The van der Waals surface area contributed by atoms with E-state index in [0.29, 0.717) is 0 Å². The predicted octanol–water partition coefficient (Wildman–Crippen LogP) is 7.39.